The number of hydrogen-bond donors (Lipinski definition) is 0. The van der Waals surface area contributed by atoms with Crippen LogP contribution in [-0.2, 0) is 6.42 Å². The second kappa shape index (κ2) is 3.02. The van der Waals surface area contributed by atoms with Gasteiger partial charge in [-0.1, -0.05) is 17.3 Å². The molecule has 0 saturated heterocycles. The molecule has 0 amide bonds. The first kappa shape index (κ1) is 6.01. The first-order valence-corrected chi connectivity index (χ1v) is 2.80. The van der Waals surface area contributed by atoms with Crippen LogP contribution in [0, 0.1) is 0 Å². The van der Waals surface area contributed by atoms with Gasteiger partial charge in [0.15, 0.2) is 5.82 Å². The monoisotopic (exact) mass is 124 g/mol. The third kappa shape index (κ3) is 1.68. The molecular formula is C6H8N2O. The van der Waals surface area contributed by atoms with Crippen LogP contribution in [0.4, 0.5) is 0 Å². The van der Waals surface area contributed by atoms with Crippen molar-refractivity contribution in [2.24, 2.45) is 0 Å². The summed E-state index contributed by atoms with van der Waals surface area (Å²) in [7, 11) is 0. The Morgan fingerprint density at radius 1 is 1.78 bits per heavy atom. The lowest BCUT2D eigenvalue weighted by Crippen LogP contribution is -1.81. The predicted octanol–water partition coefficient (Wildman–Crippen LogP) is 1.19. The topological polar surface area (TPSA) is 38.9 Å². The minimum atomic E-state index is 0.730. The minimum Gasteiger partial charge on any atom is -0.343 e. The van der Waals surface area contributed by atoms with Gasteiger partial charge in [0.2, 0.25) is 6.39 Å². The largest absolute Gasteiger partial charge is 0.343 e. The molecular weight excluding hydrogens is 116 g/mol. The molecule has 0 aliphatic carbocycles. The molecule has 3 heteroatoms. The number of rotatable bonds is 2. The van der Waals surface area contributed by atoms with Gasteiger partial charge in [0, 0.05) is 6.42 Å². The zero-order valence-electron chi connectivity index (χ0n) is 5.24. The van der Waals surface area contributed by atoms with E-state index in [1.165, 1.54) is 6.39 Å². The quantitative estimate of drug-likeness (QED) is 0.556. The molecule has 0 aromatic carbocycles. The Labute approximate surface area is 53.4 Å². The van der Waals surface area contributed by atoms with Gasteiger partial charge in [0.05, 0.1) is 0 Å². The van der Waals surface area contributed by atoms with E-state index in [-0.39, 0.29) is 0 Å². The maximum Gasteiger partial charge on any atom is 0.213 e. The molecule has 0 aliphatic heterocycles. The number of nitrogens with zero attached hydrogens (tertiary/aromatic N) is 2. The van der Waals surface area contributed by atoms with E-state index in [2.05, 4.69) is 14.7 Å². The van der Waals surface area contributed by atoms with Gasteiger partial charge in [-0.25, -0.2) is 0 Å². The van der Waals surface area contributed by atoms with Crippen LogP contribution >= 0.6 is 0 Å². The van der Waals surface area contributed by atoms with E-state index in [4.69, 9.17) is 0 Å². The van der Waals surface area contributed by atoms with E-state index in [9.17, 15) is 0 Å². The van der Waals surface area contributed by atoms with Crippen molar-refractivity contribution in [2.45, 2.75) is 13.3 Å². The number of allylic oxidation sites excluding steroid dienone is 2. The zero-order valence-corrected chi connectivity index (χ0v) is 5.24. The van der Waals surface area contributed by atoms with E-state index in [1.54, 1.807) is 0 Å². The maximum atomic E-state index is 4.52. The molecule has 48 valence electrons. The van der Waals surface area contributed by atoms with E-state index in [0.29, 0.717) is 0 Å². The molecule has 9 heavy (non-hydrogen) atoms. The number of aromatic nitrogens is 2. The summed E-state index contributed by atoms with van der Waals surface area (Å²) in [5.74, 6) is 0.730. The van der Waals surface area contributed by atoms with Gasteiger partial charge in [0.25, 0.3) is 0 Å². The average Bonchev–Trinajstić information content (AvgIpc) is 2.34. The lowest BCUT2D eigenvalue weighted by atomic mass is 10.4. The van der Waals surface area contributed by atoms with Crippen LogP contribution < -0.4 is 0 Å². The van der Waals surface area contributed by atoms with Crippen molar-refractivity contribution in [3.63, 3.8) is 0 Å². The average molecular weight is 124 g/mol. The van der Waals surface area contributed by atoms with Crippen molar-refractivity contribution in [3.05, 3.63) is 24.4 Å². The maximum absolute atomic E-state index is 4.52. The fourth-order valence-electron chi connectivity index (χ4n) is 0.506. The van der Waals surface area contributed by atoms with Crippen molar-refractivity contribution in [3.8, 4) is 0 Å². The van der Waals surface area contributed by atoms with Gasteiger partial charge in [-0.15, -0.1) is 0 Å². The van der Waals surface area contributed by atoms with E-state index in [0.717, 1.165) is 12.2 Å². The standard InChI is InChI=1S/C6H8N2O/c1-2-3-4-6-7-5-9-8-6/h2-3,5H,4H2,1H3. The van der Waals surface area contributed by atoms with Crippen LogP contribution in [0.25, 0.3) is 0 Å². The summed E-state index contributed by atoms with van der Waals surface area (Å²) in [5, 5.41) is 3.62. The Morgan fingerprint density at radius 3 is 3.22 bits per heavy atom. The summed E-state index contributed by atoms with van der Waals surface area (Å²) in [6.45, 7) is 1.96. The molecule has 0 saturated carbocycles. The van der Waals surface area contributed by atoms with Gasteiger partial charge in [0.1, 0.15) is 0 Å². The van der Waals surface area contributed by atoms with E-state index < -0.39 is 0 Å². The molecule has 0 fully saturated rings. The Kier molecular flexibility index (Phi) is 2.01. The SMILES string of the molecule is CC=CCc1ncon1. The van der Waals surface area contributed by atoms with E-state index in [1.807, 2.05) is 19.1 Å². The van der Waals surface area contributed by atoms with Crippen molar-refractivity contribution < 1.29 is 4.52 Å². The summed E-state index contributed by atoms with van der Waals surface area (Å²) in [5.41, 5.74) is 0. The van der Waals surface area contributed by atoms with Gasteiger partial charge in [-0.3, -0.25) is 0 Å². The Balaban J connectivity index is 2.48. The summed E-state index contributed by atoms with van der Waals surface area (Å²) in [6.07, 6.45) is 6.02. The molecule has 0 spiro atoms. The smallest absolute Gasteiger partial charge is 0.213 e. The van der Waals surface area contributed by atoms with E-state index >= 15 is 0 Å². The molecule has 3 nitrogen and oxygen atoms in total. The van der Waals surface area contributed by atoms with Crippen LogP contribution in [0.3, 0.4) is 0 Å². The van der Waals surface area contributed by atoms with Crippen molar-refractivity contribution in [2.75, 3.05) is 0 Å². The molecule has 0 atom stereocenters. The van der Waals surface area contributed by atoms with Gasteiger partial charge in [-0.2, -0.15) is 4.98 Å². The van der Waals surface area contributed by atoms with Crippen LogP contribution in [0.5, 0.6) is 0 Å². The normalized spacial score (nSPS) is 10.8. The second-order valence-electron chi connectivity index (χ2n) is 1.62. The third-order valence-electron chi connectivity index (χ3n) is 0.943. The molecule has 1 aromatic heterocycles. The first-order valence-electron chi connectivity index (χ1n) is 2.80. The summed E-state index contributed by atoms with van der Waals surface area (Å²) in [6, 6.07) is 0. The molecule has 0 radical (unpaired) electrons. The van der Waals surface area contributed by atoms with Crippen molar-refractivity contribution in [1.82, 2.24) is 10.1 Å². The predicted molar refractivity (Wildman–Crippen MR) is 32.8 cm³/mol. The molecule has 1 aromatic rings. The highest BCUT2D eigenvalue weighted by atomic mass is 16.5. The molecule has 0 unspecified atom stereocenters. The Hall–Kier alpha value is -1.12. The Bertz CT molecular complexity index is 179. The molecule has 0 aliphatic rings. The lowest BCUT2D eigenvalue weighted by Gasteiger charge is -1.78. The summed E-state index contributed by atoms with van der Waals surface area (Å²) in [4.78, 5) is 3.82. The van der Waals surface area contributed by atoms with Gasteiger partial charge >= 0.3 is 0 Å². The van der Waals surface area contributed by atoms with Crippen LogP contribution in [0.15, 0.2) is 23.1 Å². The highest BCUT2D eigenvalue weighted by Crippen LogP contribution is 1.89. The molecule has 1 rings (SSSR count). The van der Waals surface area contributed by atoms with Crippen LogP contribution in [0.1, 0.15) is 12.7 Å². The lowest BCUT2D eigenvalue weighted by molar-refractivity contribution is 0.411. The van der Waals surface area contributed by atoms with Crippen molar-refractivity contribution in [1.29, 1.82) is 0 Å². The fourth-order valence-corrected chi connectivity index (χ4v) is 0.506. The first-order chi connectivity index (χ1) is 4.43. The highest BCUT2D eigenvalue weighted by Gasteiger charge is 1.90. The third-order valence-corrected chi connectivity index (χ3v) is 0.943. The minimum absolute atomic E-state index is 0.730. The zero-order chi connectivity index (χ0) is 6.53. The van der Waals surface area contributed by atoms with Crippen LogP contribution in [0.2, 0.25) is 0 Å². The summed E-state index contributed by atoms with van der Waals surface area (Å²) >= 11 is 0. The fraction of sp³-hybridized carbons (Fsp3) is 0.333. The Morgan fingerprint density at radius 2 is 2.67 bits per heavy atom. The second-order valence-corrected chi connectivity index (χ2v) is 1.62. The molecule has 0 bridgehead atoms. The molecule has 0 N–H and O–H groups in total. The van der Waals surface area contributed by atoms with Crippen molar-refractivity contribution >= 4 is 0 Å². The van der Waals surface area contributed by atoms with Gasteiger partial charge < -0.3 is 4.52 Å². The number of hydrogen-bond acceptors (Lipinski definition) is 3. The summed E-state index contributed by atoms with van der Waals surface area (Å²) < 4.78 is 4.52. The molecule has 1 heterocycles. The van der Waals surface area contributed by atoms with Crippen LogP contribution in [-0.4, -0.2) is 10.1 Å². The highest BCUT2D eigenvalue weighted by molar-refractivity contribution is 4.90. The van der Waals surface area contributed by atoms with Gasteiger partial charge in [-0.05, 0) is 6.92 Å².